The van der Waals surface area contributed by atoms with Crippen LogP contribution in [-0.4, -0.2) is 62.3 Å². The number of carbonyl (C=O) groups excluding carboxylic acids is 1. The molecule has 8 heteroatoms. The van der Waals surface area contributed by atoms with Gasteiger partial charge in [-0.1, -0.05) is 13.8 Å². The van der Waals surface area contributed by atoms with Crippen LogP contribution in [0.3, 0.4) is 0 Å². The number of rotatable bonds is 6. The number of nitrogens with zero attached hydrogens (tertiary/aromatic N) is 1. The topological polar surface area (TPSA) is 72.9 Å². The van der Waals surface area contributed by atoms with Crippen molar-refractivity contribution in [2.45, 2.75) is 31.2 Å². The Morgan fingerprint density at radius 3 is 2.65 bits per heavy atom. The predicted molar refractivity (Wildman–Crippen MR) is 102 cm³/mol. The van der Waals surface area contributed by atoms with Gasteiger partial charge in [-0.3, -0.25) is 4.79 Å². The zero-order valence-electron chi connectivity index (χ0n) is 15.1. The number of amides is 1. The first-order valence-electron chi connectivity index (χ1n) is 8.86. The minimum Gasteiger partial charge on any atom is -0.486 e. The van der Waals surface area contributed by atoms with Gasteiger partial charge < -0.3 is 14.4 Å². The zero-order chi connectivity index (χ0) is 18.7. The van der Waals surface area contributed by atoms with Gasteiger partial charge in [0.25, 0.3) is 0 Å². The fourth-order valence-corrected chi connectivity index (χ4v) is 5.75. The number of thioether (sulfide) groups is 1. The van der Waals surface area contributed by atoms with Gasteiger partial charge in [0, 0.05) is 17.5 Å². The maximum absolute atomic E-state index is 12.8. The average Bonchev–Trinajstić information content (AvgIpc) is 2.97. The Bertz CT molecular complexity index is 763. The van der Waals surface area contributed by atoms with E-state index >= 15 is 0 Å². The summed E-state index contributed by atoms with van der Waals surface area (Å²) < 4.78 is 34.7. The van der Waals surface area contributed by atoms with Crippen LogP contribution < -0.4 is 9.47 Å². The molecule has 0 saturated carbocycles. The van der Waals surface area contributed by atoms with E-state index in [1.807, 2.05) is 32.0 Å². The lowest BCUT2D eigenvalue weighted by molar-refractivity contribution is -0.130. The maximum atomic E-state index is 12.8. The molecule has 2 aliphatic heterocycles. The Morgan fingerprint density at radius 1 is 1.27 bits per heavy atom. The standard InChI is InChI=1S/C18H25NO5S2/c1-13(2)10-19(14-5-8-26(21,22)12-14)18(20)11-25-15-3-4-16-17(9-15)24-7-6-23-16/h3-4,9,13-14H,5-8,10-12H2,1-2H3/t14-/m0/s1. The van der Waals surface area contributed by atoms with Crippen molar-refractivity contribution >= 4 is 27.5 Å². The summed E-state index contributed by atoms with van der Waals surface area (Å²) in [6.07, 6.45) is 0.537. The summed E-state index contributed by atoms with van der Waals surface area (Å²) >= 11 is 1.44. The quantitative estimate of drug-likeness (QED) is 0.683. The highest BCUT2D eigenvalue weighted by Gasteiger charge is 2.34. The lowest BCUT2D eigenvalue weighted by Crippen LogP contribution is -2.44. The molecule has 0 unspecified atom stereocenters. The van der Waals surface area contributed by atoms with Crippen LogP contribution in [0, 0.1) is 5.92 Å². The minimum absolute atomic E-state index is 0.0133. The molecule has 3 rings (SSSR count). The van der Waals surface area contributed by atoms with Crippen LogP contribution in [0.2, 0.25) is 0 Å². The van der Waals surface area contributed by atoms with E-state index in [9.17, 15) is 13.2 Å². The lowest BCUT2D eigenvalue weighted by atomic mass is 10.1. The second-order valence-corrected chi connectivity index (χ2v) is 10.4. The average molecular weight is 400 g/mol. The summed E-state index contributed by atoms with van der Waals surface area (Å²) in [6.45, 7) is 5.74. The molecule has 0 bridgehead atoms. The summed E-state index contributed by atoms with van der Waals surface area (Å²) in [4.78, 5) is 15.5. The van der Waals surface area contributed by atoms with Crippen LogP contribution in [0.15, 0.2) is 23.1 Å². The maximum Gasteiger partial charge on any atom is 0.233 e. The van der Waals surface area contributed by atoms with Gasteiger partial charge in [-0.15, -0.1) is 11.8 Å². The SMILES string of the molecule is CC(C)CN(C(=O)CSc1ccc2c(c1)OCCO2)[C@H]1CCS(=O)(=O)C1. The molecular weight excluding hydrogens is 374 g/mol. The number of benzene rings is 1. The van der Waals surface area contributed by atoms with Crippen LogP contribution in [-0.2, 0) is 14.6 Å². The number of fused-ring (bicyclic) bond motifs is 1. The van der Waals surface area contributed by atoms with Gasteiger partial charge in [0.15, 0.2) is 21.3 Å². The van der Waals surface area contributed by atoms with E-state index in [-0.39, 0.29) is 29.2 Å². The van der Waals surface area contributed by atoms with E-state index in [1.165, 1.54) is 11.8 Å². The first kappa shape index (κ1) is 19.4. The van der Waals surface area contributed by atoms with Crippen LogP contribution in [0.5, 0.6) is 11.5 Å². The van der Waals surface area contributed by atoms with Gasteiger partial charge >= 0.3 is 0 Å². The van der Waals surface area contributed by atoms with Crippen molar-refractivity contribution in [3.05, 3.63) is 18.2 Å². The second-order valence-electron chi connectivity index (χ2n) is 7.09. The number of ether oxygens (including phenoxy) is 2. The Morgan fingerprint density at radius 2 is 2.00 bits per heavy atom. The van der Waals surface area contributed by atoms with Gasteiger partial charge in [0.05, 0.1) is 17.3 Å². The number of carbonyl (C=O) groups is 1. The molecule has 1 amide bonds. The largest absolute Gasteiger partial charge is 0.486 e. The van der Waals surface area contributed by atoms with Gasteiger partial charge in [-0.2, -0.15) is 0 Å². The van der Waals surface area contributed by atoms with Crippen molar-refractivity contribution in [2.24, 2.45) is 5.92 Å². The van der Waals surface area contributed by atoms with E-state index in [2.05, 4.69) is 0 Å². The number of hydrogen-bond acceptors (Lipinski definition) is 6. The molecule has 1 saturated heterocycles. The van der Waals surface area contributed by atoms with E-state index < -0.39 is 9.84 Å². The molecule has 0 aromatic heterocycles. The fraction of sp³-hybridized carbons (Fsp3) is 0.611. The zero-order valence-corrected chi connectivity index (χ0v) is 16.8. The Labute approximate surface area is 159 Å². The molecule has 144 valence electrons. The van der Waals surface area contributed by atoms with Crippen LogP contribution in [0.25, 0.3) is 0 Å². The van der Waals surface area contributed by atoms with Gasteiger partial charge in [-0.05, 0) is 30.5 Å². The summed E-state index contributed by atoms with van der Waals surface area (Å²) in [5.41, 5.74) is 0. The smallest absolute Gasteiger partial charge is 0.233 e. The van der Waals surface area contributed by atoms with E-state index in [4.69, 9.17) is 9.47 Å². The van der Waals surface area contributed by atoms with E-state index in [0.717, 1.165) is 10.6 Å². The lowest BCUT2D eigenvalue weighted by Gasteiger charge is -2.30. The van der Waals surface area contributed by atoms with Gasteiger partial charge in [0.2, 0.25) is 5.91 Å². The molecule has 0 radical (unpaired) electrons. The first-order chi connectivity index (χ1) is 12.3. The third-order valence-corrected chi connectivity index (χ3v) is 7.14. The highest BCUT2D eigenvalue weighted by atomic mass is 32.2. The van der Waals surface area contributed by atoms with Gasteiger partial charge in [0.1, 0.15) is 13.2 Å². The molecule has 26 heavy (non-hydrogen) atoms. The molecule has 0 spiro atoms. The fourth-order valence-electron chi connectivity index (χ4n) is 3.21. The number of sulfone groups is 1. The highest BCUT2D eigenvalue weighted by Crippen LogP contribution is 2.34. The van der Waals surface area contributed by atoms with Crippen molar-refractivity contribution in [3.8, 4) is 11.5 Å². The minimum atomic E-state index is -3.02. The molecule has 0 N–H and O–H groups in total. The third-order valence-electron chi connectivity index (χ3n) is 4.41. The Balaban J connectivity index is 1.64. The Hall–Kier alpha value is -1.41. The van der Waals surface area contributed by atoms with Crippen LogP contribution in [0.1, 0.15) is 20.3 Å². The molecule has 1 aromatic rings. The molecular formula is C18H25NO5S2. The third kappa shape index (κ3) is 4.85. The molecule has 1 aromatic carbocycles. The second kappa shape index (κ2) is 8.08. The van der Waals surface area contributed by atoms with Crippen LogP contribution >= 0.6 is 11.8 Å². The predicted octanol–water partition coefficient (Wildman–Crippen LogP) is 2.22. The summed E-state index contributed by atoms with van der Waals surface area (Å²) in [5.74, 6) is 2.25. The summed E-state index contributed by atoms with van der Waals surface area (Å²) in [7, 11) is -3.02. The van der Waals surface area contributed by atoms with Crippen molar-refractivity contribution in [2.75, 3.05) is 37.0 Å². The van der Waals surface area contributed by atoms with Crippen molar-refractivity contribution in [1.82, 2.24) is 4.90 Å². The van der Waals surface area contributed by atoms with Crippen molar-refractivity contribution < 1.29 is 22.7 Å². The summed E-state index contributed by atoms with van der Waals surface area (Å²) in [6, 6.07) is 5.46. The number of hydrogen-bond donors (Lipinski definition) is 0. The van der Waals surface area contributed by atoms with Gasteiger partial charge in [-0.25, -0.2) is 8.42 Å². The summed E-state index contributed by atoms with van der Waals surface area (Å²) in [5, 5.41) is 0. The van der Waals surface area contributed by atoms with E-state index in [1.54, 1.807) is 4.90 Å². The first-order valence-corrected chi connectivity index (χ1v) is 11.7. The molecule has 1 fully saturated rings. The molecule has 1 atom stereocenters. The normalized spacial score (nSPS) is 21.0. The molecule has 2 heterocycles. The van der Waals surface area contributed by atoms with Crippen molar-refractivity contribution in [3.63, 3.8) is 0 Å². The van der Waals surface area contributed by atoms with E-state index in [0.29, 0.717) is 37.8 Å². The molecule has 6 nitrogen and oxygen atoms in total. The Kier molecular flexibility index (Phi) is 6.02. The highest BCUT2D eigenvalue weighted by molar-refractivity contribution is 8.00. The molecule has 2 aliphatic rings. The molecule has 0 aliphatic carbocycles. The van der Waals surface area contributed by atoms with Crippen LogP contribution in [0.4, 0.5) is 0 Å². The van der Waals surface area contributed by atoms with Crippen molar-refractivity contribution in [1.29, 1.82) is 0 Å². The monoisotopic (exact) mass is 399 g/mol.